The Labute approximate surface area is 145 Å². The van der Waals surface area contributed by atoms with Gasteiger partial charge in [-0.25, -0.2) is 4.79 Å². The standard InChI is InChI=1S/C18H21N3O4/c22-13-18(8-14-4-2-1-3-5-14)6-7-20(12-18)16(23)11-21-10-15(9-19-21)17(24)25/h1-5,9-10,22H,6-8,11-13H2,(H,24,25). The summed E-state index contributed by atoms with van der Waals surface area (Å²) in [6, 6.07) is 9.94. The Kier molecular flexibility index (Phi) is 4.85. The molecule has 1 atom stereocenters. The van der Waals surface area contributed by atoms with Crippen molar-refractivity contribution in [2.75, 3.05) is 19.7 Å². The second kappa shape index (κ2) is 7.06. The van der Waals surface area contributed by atoms with Gasteiger partial charge in [-0.2, -0.15) is 5.10 Å². The smallest absolute Gasteiger partial charge is 0.338 e. The molecule has 1 aromatic carbocycles. The average Bonchev–Trinajstić information content (AvgIpc) is 3.24. The molecule has 1 aliphatic rings. The number of benzene rings is 1. The maximum Gasteiger partial charge on any atom is 0.338 e. The molecule has 1 aliphatic heterocycles. The highest BCUT2D eigenvalue weighted by atomic mass is 16.4. The van der Waals surface area contributed by atoms with Crippen molar-refractivity contribution in [3.8, 4) is 0 Å². The Morgan fingerprint density at radius 1 is 1.24 bits per heavy atom. The summed E-state index contributed by atoms with van der Waals surface area (Å²) in [7, 11) is 0. The number of carbonyl (C=O) groups excluding carboxylic acids is 1. The number of aromatic carboxylic acids is 1. The van der Waals surface area contributed by atoms with E-state index >= 15 is 0 Å². The van der Waals surface area contributed by atoms with Crippen LogP contribution in [0.15, 0.2) is 42.7 Å². The van der Waals surface area contributed by atoms with Gasteiger partial charge in [0.1, 0.15) is 6.54 Å². The van der Waals surface area contributed by atoms with Crippen LogP contribution in [0.5, 0.6) is 0 Å². The lowest BCUT2D eigenvalue weighted by Gasteiger charge is -2.27. The van der Waals surface area contributed by atoms with Crippen LogP contribution >= 0.6 is 0 Å². The number of hydrogen-bond acceptors (Lipinski definition) is 4. The first kappa shape index (κ1) is 17.2. The molecule has 2 heterocycles. The van der Waals surface area contributed by atoms with Crippen LogP contribution in [-0.4, -0.2) is 56.5 Å². The Bertz CT molecular complexity index is 759. The van der Waals surface area contributed by atoms with E-state index in [0.717, 1.165) is 18.4 Å². The summed E-state index contributed by atoms with van der Waals surface area (Å²) in [5.41, 5.74) is 0.875. The molecule has 0 spiro atoms. The molecule has 1 amide bonds. The zero-order valence-electron chi connectivity index (χ0n) is 13.8. The van der Waals surface area contributed by atoms with Crippen molar-refractivity contribution < 1.29 is 19.8 Å². The topological polar surface area (TPSA) is 95.7 Å². The van der Waals surface area contributed by atoms with Gasteiger partial charge in [-0.15, -0.1) is 0 Å². The molecule has 2 aromatic rings. The van der Waals surface area contributed by atoms with Gasteiger partial charge in [0, 0.05) is 24.7 Å². The van der Waals surface area contributed by atoms with E-state index in [-0.39, 0.29) is 30.0 Å². The van der Waals surface area contributed by atoms with E-state index in [1.807, 2.05) is 30.3 Å². The van der Waals surface area contributed by atoms with Gasteiger partial charge >= 0.3 is 5.97 Å². The fraction of sp³-hybridized carbons (Fsp3) is 0.389. The SMILES string of the molecule is O=C(O)c1cnn(CC(=O)N2CCC(CO)(Cc3ccccc3)C2)c1. The van der Waals surface area contributed by atoms with Crippen LogP contribution < -0.4 is 0 Å². The first-order valence-corrected chi connectivity index (χ1v) is 8.20. The van der Waals surface area contributed by atoms with Crippen molar-refractivity contribution in [2.45, 2.75) is 19.4 Å². The van der Waals surface area contributed by atoms with Crippen LogP contribution in [0.1, 0.15) is 22.3 Å². The third-order valence-electron chi connectivity index (χ3n) is 4.73. The fourth-order valence-electron chi connectivity index (χ4n) is 3.31. The summed E-state index contributed by atoms with van der Waals surface area (Å²) in [5, 5.41) is 22.7. The first-order chi connectivity index (χ1) is 12.0. The maximum absolute atomic E-state index is 12.5. The van der Waals surface area contributed by atoms with Gasteiger partial charge in [0.05, 0.1) is 18.4 Å². The summed E-state index contributed by atoms with van der Waals surface area (Å²) in [4.78, 5) is 25.1. The zero-order valence-corrected chi connectivity index (χ0v) is 13.8. The highest BCUT2D eigenvalue weighted by molar-refractivity contribution is 5.87. The van der Waals surface area contributed by atoms with E-state index in [1.165, 1.54) is 17.1 Å². The minimum absolute atomic E-state index is 0.000125. The van der Waals surface area contributed by atoms with Crippen molar-refractivity contribution >= 4 is 11.9 Å². The first-order valence-electron chi connectivity index (χ1n) is 8.20. The molecule has 0 aliphatic carbocycles. The van der Waals surface area contributed by atoms with Gasteiger partial charge in [-0.3, -0.25) is 9.48 Å². The van der Waals surface area contributed by atoms with Crippen molar-refractivity contribution in [1.29, 1.82) is 0 Å². The van der Waals surface area contributed by atoms with Crippen LogP contribution in [0.25, 0.3) is 0 Å². The third kappa shape index (κ3) is 3.88. The van der Waals surface area contributed by atoms with Crippen LogP contribution in [0.4, 0.5) is 0 Å². The van der Waals surface area contributed by atoms with E-state index in [9.17, 15) is 14.7 Å². The molecule has 1 fully saturated rings. The molecule has 1 saturated heterocycles. The van der Waals surface area contributed by atoms with Crippen LogP contribution in [0, 0.1) is 5.41 Å². The molecule has 2 N–H and O–H groups in total. The van der Waals surface area contributed by atoms with Gasteiger partial charge in [-0.05, 0) is 18.4 Å². The number of aromatic nitrogens is 2. The molecule has 7 heteroatoms. The fourth-order valence-corrected chi connectivity index (χ4v) is 3.31. The van der Waals surface area contributed by atoms with Gasteiger partial charge in [-0.1, -0.05) is 30.3 Å². The number of carbonyl (C=O) groups is 2. The number of aliphatic hydroxyl groups is 1. The molecule has 25 heavy (non-hydrogen) atoms. The molecule has 7 nitrogen and oxygen atoms in total. The highest BCUT2D eigenvalue weighted by Gasteiger charge is 2.39. The molecular formula is C18H21N3O4. The molecule has 0 saturated carbocycles. The molecule has 3 rings (SSSR count). The number of nitrogens with zero attached hydrogens (tertiary/aromatic N) is 3. The minimum Gasteiger partial charge on any atom is -0.478 e. The number of aliphatic hydroxyl groups excluding tert-OH is 1. The predicted octanol–water partition coefficient (Wildman–Crippen LogP) is 1.03. The number of likely N-dealkylation sites (tertiary alicyclic amines) is 1. The maximum atomic E-state index is 12.5. The largest absolute Gasteiger partial charge is 0.478 e. The quantitative estimate of drug-likeness (QED) is 0.817. The second-order valence-corrected chi connectivity index (χ2v) is 6.62. The summed E-state index contributed by atoms with van der Waals surface area (Å²) >= 11 is 0. The Morgan fingerprint density at radius 3 is 2.64 bits per heavy atom. The lowest BCUT2D eigenvalue weighted by atomic mass is 9.81. The van der Waals surface area contributed by atoms with Crippen molar-refractivity contribution in [3.63, 3.8) is 0 Å². The predicted molar refractivity (Wildman–Crippen MR) is 90.0 cm³/mol. The number of rotatable bonds is 6. The summed E-state index contributed by atoms with van der Waals surface area (Å²) in [6.45, 7) is 1.10. The minimum atomic E-state index is -1.07. The molecule has 0 bridgehead atoms. The molecule has 0 radical (unpaired) electrons. The van der Waals surface area contributed by atoms with E-state index in [4.69, 9.17) is 5.11 Å². The highest BCUT2D eigenvalue weighted by Crippen LogP contribution is 2.34. The third-order valence-corrected chi connectivity index (χ3v) is 4.73. The van der Waals surface area contributed by atoms with Crippen LogP contribution in [-0.2, 0) is 17.8 Å². The number of carboxylic acids is 1. The van der Waals surface area contributed by atoms with Crippen molar-refractivity contribution in [3.05, 3.63) is 53.9 Å². The second-order valence-electron chi connectivity index (χ2n) is 6.62. The van der Waals surface area contributed by atoms with Crippen molar-refractivity contribution in [2.24, 2.45) is 5.41 Å². The molecule has 1 unspecified atom stereocenters. The average molecular weight is 343 g/mol. The summed E-state index contributed by atoms with van der Waals surface area (Å²) in [5.74, 6) is -1.19. The summed E-state index contributed by atoms with van der Waals surface area (Å²) in [6.07, 6.45) is 4.04. The van der Waals surface area contributed by atoms with E-state index in [0.29, 0.717) is 13.1 Å². The molecule has 132 valence electrons. The van der Waals surface area contributed by atoms with Crippen LogP contribution in [0.2, 0.25) is 0 Å². The zero-order chi connectivity index (χ0) is 17.9. The lowest BCUT2D eigenvalue weighted by Crippen LogP contribution is -2.37. The van der Waals surface area contributed by atoms with Gasteiger partial charge in [0.15, 0.2) is 0 Å². The van der Waals surface area contributed by atoms with E-state index in [1.54, 1.807) is 4.90 Å². The normalized spacial score (nSPS) is 20.0. The monoisotopic (exact) mass is 343 g/mol. The van der Waals surface area contributed by atoms with Gasteiger partial charge in [0.25, 0.3) is 0 Å². The van der Waals surface area contributed by atoms with Crippen LogP contribution in [0.3, 0.4) is 0 Å². The molecule has 1 aromatic heterocycles. The number of amides is 1. The van der Waals surface area contributed by atoms with Crippen molar-refractivity contribution in [1.82, 2.24) is 14.7 Å². The van der Waals surface area contributed by atoms with E-state index < -0.39 is 5.97 Å². The summed E-state index contributed by atoms with van der Waals surface area (Å²) < 4.78 is 1.34. The number of carboxylic acid groups (broad SMARTS) is 1. The van der Waals surface area contributed by atoms with Gasteiger partial charge < -0.3 is 15.1 Å². The number of hydrogen-bond donors (Lipinski definition) is 2. The lowest BCUT2D eigenvalue weighted by molar-refractivity contribution is -0.131. The van der Waals surface area contributed by atoms with E-state index in [2.05, 4.69) is 5.10 Å². The Hall–Kier alpha value is -2.67. The van der Waals surface area contributed by atoms with Gasteiger partial charge in [0.2, 0.25) is 5.91 Å². The Morgan fingerprint density at radius 2 is 2.00 bits per heavy atom. The molecular weight excluding hydrogens is 322 g/mol. The Balaban J connectivity index is 1.63.